The Morgan fingerprint density at radius 2 is 2.14 bits per heavy atom. The molecule has 1 heterocycles. The molecular formula is C15H18N2O3S. The summed E-state index contributed by atoms with van der Waals surface area (Å²) in [7, 11) is 0. The SMILES string of the molecule is CCCSCC(=O)Nc1ccc2c(ccn2CC(=O)O)c1. The van der Waals surface area contributed by atoms with Crippen LogP contribution in [0.1, 0.15) is 13.3 Å². The minimum Gasteiger partial charge on any atom is -0.480 e. The molecule has 0 unspecified atom stereocenters. The van der Waals surface area contributed by atoms with Gasteiger partial charge in [0.05, 0.1) is 5.75 Å². The molecule has 0 spiro atoms. The van der Waals surface area contributed by atoms with Crippen molar-refractivity contribution in [1.82, 2.24) is 4.57 Å². The number of carbonyl (C=O) groups is 2. The lowest BCUT2D eigenvalue weighted by molar-refractivity contribution is -0.137. The summed E-state index contributed by atoms with van der Waals surface area (Å²) in [6.45, 7) is 2.02. The third-order valence-corrected chi connectivity index (χ3v) is 4.11. The second kappa shape index (κ2) is 7.17. The summed E-state index contributed by atoms with van der Waals surface area (Å²) in [4.78, 5) is 22.5. The predicted octanol–water partition coefficient (Wildman–Crippen LogP) is 2.81. The monoisotopic (exact) mass is 306 g/mol. The first-order valence-corrected chi connectivity index (χ1v) is 7.94. The van der Waals surface area contributed by atoms with Crippen molar-refractivity contribution in [3.63, 3.8) is 0 Å². The number of hydrogen-bond donors (Lipinski definition) is 2. The zero-order chi connectivity index (χ0) is 15.2. The highest BCUT2D eigenvalue weighted by molar-refractivity contribution is 7.99. The van der Waals surface area contributed by atoms with Gasteiger partial charge in [-0.25, -0.2) is 0 Å². The fraction of sp³-hybridized carbons (Fsp3) is 0.333. The Hall–Kier alpha value is -1.95. The average Bonchev–Trinajstić information content (AvgIpc) is 2.81. The van der Waals surface area contributed by atoms with E-state index in [1.165, 1.54) is 0 Å². The molecule has 6 heteroatoms. The molecule has 0 aliphatic carbocycles. The number of benzene rings is 1. The van der Waals surface area contributed by atoms with Gasteiger partial charge in [-0.05, 0) is 36.4 Å². The summed E-state index contributed by atoms with van der Waals surface area (Å²) in [5.74, 6) is 0.534. The van der Waals surface area contributed by atoms with E-state index in [9.17, 15) is 9.59 Å². The molecule has 0 aliphatic heterocycles. The standard InChI is InChI=1S/C15H18N2O3S/c1-2-7-21-10-14(18)16-12-3-4-13-11(8-12)5-6-17(13)9-15(19)20/h3-6,8H,2,7,9-10H2,1H3,(H,16,18)(H,19,20). The zero-order valence-electron chi connectivity index (χ0n) is 11.8. The predicted molar refractivity (Wildman–Crippen MR) is 85.8 cm³/mol. The number of fused-ring (bicyclic) bond motifs is 1. The van der Waals surface area contributed by atoms with E-state index >= 15 is 0 Å². The fourth-order valence-electron chi connectivity index (χ4n) is 2.07. The van der Waals surface area contributed by atoms with E-state index in [-0.39, 0.29) is 12.5 Å². The van der Waals surface area contributed by atoms with Crippen molar-refractivity contribution < 1.29 is 14.7 Å². The van der Waals surface area contributed by atoms with Gasteiger partial charge < -0.3 is 15.0 Å². The van der Waals surface area contributed by atoms with Crippen LogP contribution in [-0.2, 0) is 16.1 Å². The smallest absolute Gasteiger partial charge is 0.323 e. The van der Waals surface area contributed by atoms with Crippen LogP contribution < -0.4 is 5.32 Å². The number of thioether (sulfide) groups is 1. The second-order valence-electron chi connectivity index (χ2n) is 4.71. The van der Waals surface area contributed by atoms with Crippen molar-refractivity contribution in [2.45, 2.75) is 19.9 Å². The number of anilines is 1. The molecule has 1 aromatic heterocycles. The van der Waals surface area contributed by atoms with E-state index in [1.807, 2.05) is 18.2 Å². The summed E-state index contributed by atoms with van der Waals surface area (Å²) in [5.41, 5.74) is 1.58. The summed E-state index contributed by atoms with van der Waals surface area (Å²) in [5, 5.41) is 12.6. The molecule has 0 atom stereocenters. The third kappa shape index (κ3) is 4.26. The van der Waals surface area contributed by atoms with Crippen LogP contribution >= 0.6 is 11.8 Å². The molecule has 2 N–H and O–H groups in total. The van der Waals surface area contributed by atoms with Crippen molar-refractivity contribution in [3.8, 4) is 0 Å². The fourth-order valence-corrected chi connectivity index (χ4v) is 2.76. The van der Waals surface area contributed by atoms with E-state index in [2.05, 4.69) is 12.2 Å². The highest BCUT2D eigenvalue weighted by Gasteiger charge is 2.07. The lowest BCUT2D eigenvalue weighted by atomic mass is 10.2. The number of rotatable bonds is 7. The van der Waals surface area contributed by atoms with Gasteiger partial charge in [0.2, 0.25) is 5.91 Å². The van der Waals surface area contributed by atoms with Crippen LogP contribution in [0.25, 0.3) is 10.9 Å². The lowest BCUT2D eigenvalue weighted by Crippen LogP contribution is -2.14. The third-order valence-electron chi connectivity index (χ3n) is 2.94. The van der Waals surface area contributed by atoms with Crippen LogP contribution in [0.15, 0.2) is 30.5 Å². The normalized spacial score (nSPS) is 10.7. The number of nitrogens with one attached hydrogen (secondary N) is 1. The highest BCUT2D eigenvalue weighted by atomic mass is 32.2. The van der Waals surface area contributed by atoms with Gasteiger partial charge in [-0.2, -0.15) is 11.8 Å². The summed E-state index contributed by atoms with van der Waals surface area (Å²) in [6.07, 6.45) is 2.79. The minimum atomic E-state index is -0.877. The van der Waals surface area contributed by atoms with Gasteiger partial charge in [0.1, 0.15) is 6.54 Å². The van der Waals surface area contributed by atoms with Crippen LogP contribution in [0, 0.1) is 0 Å². The van der Waals surface area contributed by atoms with E-state index in [0.29, 0.717) is 5.75 Å². The van der Waals surface area contributed by atoms with Crippen LogP contribution in [0.5, 0.6) is 0 Å². The molecule has 112 valence electrons. The van der Waals surface area contributed by atoms with E-state index in [4.69, 9.17) is 5.11 Å². The average molecular weight is 306 g/mol. The van der Waals surface area contributed by atoms with Crippen molar-refractivity contribution in [2.24, 2.45) is 0 Å². The zero-order valence-corrected chi connectivity index (χ0v) is 12.7. The van der Waals surface area contributed by atoms with Gasteiger partial charge >= 0.3 is 5.97 Å². The molecule has 21 heavy (non-hydrogen) atoms. The van der Waals surface area contributed by atoms with Crippen molar-refractivity contribution in [1.29, 1.82) is 0 Å². The first-order valence-electron chi connectivity index (χ1n) is 6.78. The molecule has 0 aliphatic rings. The summed E-state index contributed by atoms with van der Waals surface area (Å²) < 4.78 is 1.67. The van der Waals surface area contributed by atoms with Crippen LogP contribution in [0.4, 0.5) is 5.69 Å². The van der Waals surface area contributed by atoms with Gasteiger partial charge in [-0.15, -0.1) is 0 Å². The molecule has 2 rings (SSSR count). The molecule has 0 saturated carbocycles. The molecule has 0 bridgehead atoms. The Kier molecular flexibility index (Phi) is 5.27. The molecule has 1 aromatic carbocycles. The number of nitrogens with zero attached hydrogens (tertiary/aromatic N) is 1. The van der Waals surface area contributed by atoms with E-state index in [1.54, 1.807) is 28.6 Å². The Balaban J connectivity index is 2.06. The maximum atomic E-state index is 11.8. The number of aromatic nitrogens is 1. The van der Waals surface area contributed by atoms with Crippen molar-refractivity contribution >= 4 is 40.2 Å². The van der Waals surface area contributed by atoms with E-state index < -0.39 is 5.97 Å². The lowest BCUT2D eigenvalue weighted by Gasteiger charge is -2.06. The number of hydrogen-bond acceptors (Lipinski definition) is 3. The van der Waals surface area contributed by atoms with Gasteiger partial charge in [0.15, 0.2) is 0 Å². The first kappa shape index (κ1) is 15.4. The highest BCUT2D eigenvalue weighted by Crippen LogP contribution is 2.20. The van der Waals surface area contributed by atoms with Gasteiger partial charge in [0, 0.05) is 22.8 Å². The van der Waals surface area contributed by atoms with Gasteiger partial charge in [-0.1, -0.05) is 6.92 Å². The number of carboxylic acids is 1. The Morgan fingerprint density at radius 3 is 2.86 bits per heavy atom. The maximum absolute atomic E-state index is 11.8. The summed E-state index contributed by atoms with van der Waals surface area (Å²) >= 11 is 1.61. The van der Waals surface area contributed by atoms with Crippen LogP contribution in [0.3, 0.4) is 0 Å². The van der Waals surface area contributed by atoms with Crippen LogP contribution in [-0.4, -0.2) is 33.1 Å². The number of amides is 1. The Morgan fingerprint density at radius 1 is 1.33 bits per heavy atom. The number of aliphatic carboxylic acids is 1. The van der Waals surface area contributed by atoms with Crippen molar-refractivity contribution in [3.05, 3.63) is 30.5 Å². The minimum absolute atomic E-state index is 0.0160. The molecule has 5 nitrogen and oxygen atoms in total. The topological polar surface area (TPSA) is 71.3 Å². The molecule has 1 amide bonds. The number of carbonyl (C=O) groups excluding carboxylic acids is 1. The molecule has 0 fully saturated rings. The molecule has 0 radical (unpaired) electrons. The molecule has 0 saturated heterocycles. The van der Waals surface area contributed by atoms with Gasteiger partial charge in [-0.3, -0.25) is 9.59 Å². The quantitative estimate of drug-likeness (QED) is 0.772. The summed E-state index contributed by atoms with van der Waals surface area (Å²) in [6, 6.07) is 7.33. The van der Waals surface area contributed by atoms with Crippen molar-refractivity contribution in [2.75, 3.05) is 16.8 Å². The second-order valence-corrected chi connectivity index (χ2v) is 5.82. The Bertz CT molecular complexity index is 651. The molecule has 2 aromatic rings. The maximum Gasteiger partial charge on any atom is 0.323 e. The number of carboxylic acid groups (broad SMARTS) is 1. The molecular weight excluding hydrogens is 288 g/mol. The Labute approximate surface area is 127 Å². The largest absolute Gasteiger partial charge is 0.480 e. The van der Waals surface area contributed by atoms with Crippen LogP contribution in [0.2, 0.25) is 0 Å². The van der Waals surface area contributed by atoms with Gasteiger partial charge in [0.25, 0.3) is 0 Å². The first-order chi connectivity index (χ1) is 10.1. The van der Waals surface area contributed by atoms with E-state index in [0.717, 1.165) is 28.8 Å².